The summed E-state index contributed by atoms with van der Waals surface area (Å²) in [6.07, 6.45) is 0. The molecule has 0 aromatic heterocycles. The first kappa shape index (κ1) is 10.5. The fraction of sp³-hybridized carbons (Fsp3) is 0.385. The molecule has 2 heterocycles. The quantitative estimate of drug-likeness (QED) is 0.721. The molecule has 4 nitrogen and oxygen atoms in total. The van der Waals surface area contributed by atoms with Gasteiger partial charge in [-0.2, -0.15) is 0 Å². The molecule has 0 radical (unpaired) electrons. The van der Waals surface area contributed by atoms with Gasteiger partial charge in [0.25, 0.3) is 11.8 Å². The molecule has 1 aromatic rings. The van der Waals surface area contributed by atoms with Gasteiger partial charge in [0.2, 0.25) is 0 Å². The van der Waals surface area contributed by atoms with Gasteiger partial charge in [-0.3, -0.25) is 14.5 Å². The molecular weight excluding hydrogens is 218 g/mol. The molecular formula is C13H13NO3. The van der Waals surface area contributed by atoms with Gasteiger partial charge in [0.05, 0.1) is 24.3 Å². The summed E-state index contributed by atoms with van der Waals surface area (Å²) in [5.41, 5.74) is 0.954. The van der Waals surface area contributed by atoms with Crippen molar-refractivity contribution in [2.24, 2.45) is 5.41 Å². The van der Waals surface area contributed by atoms with E-state index in [4.69, 9.17) is 4.74 Å². The minimum Gasteiger partial charge on any atom is -0.380 e. The zero-order valence-electron chi connectivity index (χ0n) is 9.60. The summed E-state index contributed by atoms with van der Waals surface area (Å²) in [5, 5.41) is 0. The van der Waals surface area contributed by atoms with Crippen molar-refractivity contribution >= 4 is 11.8 Å². The molecule has 1 aromatic carbocycles. The Balaban J connectivity index is 1.90. The van der Waals surface area contributed by atoms with E-state index in [1.165, 1.54) is 4.90 Å². The number of nitrogens with zero attached hydrogens (tertiary/aromatic N) is 1. The van der Waals surface area contributed by atoms with Gasteiger partial charge >= 0.3 is 0 Å². The highest BCUT2D eigenvalue weighted by atomic mass is 16.5. The fourth-order valence-electron chi connectivity index (χ4n) is 2.31. The Bertz CT molecular complexity index is 470. The van der Waals surface area contributed by atoms with Crippen LogP contribution in [0, 0.1) is 5.41 Å². The van der Waals surface area contributed by atoms with Gasteiger partial charge < -0.3 is 4.74 Å². The minimum absolute atomic E-state index is 0.0760. The first-order valence-corrected chi connectivity index (χ1v) is 5.64. The summed E-state index contributed by atoms with van der Waals surface area (Å²) in [7, 11) is 0. The lowest BCUT2D eigenvalue weighted by Crippen LogP contribution is -2.50. The van der Waals surface area contributed by atoms with E-state index in [0.717, 1.165) is 0 Å². The standard InChI is InChI=1S/C13H13NO3/c1-13(7-17-8-13)6-14-11(15)9-4-2-3-5-10(9)12(14)16/h2-5H,6-8H2,1H3. The van der Waals surface area contributed by atoms with Crippen molar-refractivity contribution in [3.8, 4) is 0 Å². The van der Waals surface area contributed by atoms with E-state index in [2.05, 4.69) is 0 Å². The third-order valence-corrected chi connectivity index (χ3v) is 3.32. The third-order valence-electron chi connectivity index (χ3n) is 3.32. The van der Waals surface area contributed by atoms with Gasteiger partial charge in [-0.25, -0.2) is 0 Å². The molecule has 88 valence electrons. The van der Waals surface area contributed by atoms with Gasteiger partial charge in [0, 0.05) is 12.0 Å². The number of carbonyl (C=O) groups excluding carboxylic acids is 2. The molecule has 1 fully saturated rings. The van der Waals surface area contributed by atoms with Gasteiger partial charge in [0.1, 0.15) is 0 Å². The Morgan fingerprint density at radius 3 is 2.12 bits per heavy atom. The molecule has 4 heteroatoms. The summed E-state index contributed by atoms with van der Waals surface area (Å²) in [5.74, 6) is -0.363. The van der Waals surface area contributed by atoms with Crippen molar-refractivity contribution in [2.75, 3.05) is 19.8 Å². The fourth-order valence-corrected chi connectivity index (χ4v) is 2.31. The highest BCUT2D eigenvalue weighted by Crippen LogP contribution is 2.31. The average Bonchev–Trinajstić information content (AvgIpc) is 2.53. The average molecular weight is 231 g/mol. The largest absolute Gasteiger partial charge is 0.380 e. The maximum Gasteiger partial charge on any atom is 0.261 e. The molecule has 0 N–H and O–H groups in total. The summed E-state index contributed by atoms with van der Waals surface area (Å²) in [6, 6.07) is 6.97. The summed E-state index contributed by atoms with van der Waals surface area (Å²) < 4.78 is 5.15. The number of imide groups is 1. The van der Waals surface area contributed by atoms with Gasteiger partial charge in [-0.1, -0.05) is 19.1 Å². The molecule has 0 saturated carbocycles. The lowest BCUT2D eigenvalue weighted by Gasteiger charge is -2.40. The van der Waals surface area contributed by atoms with E-state index in [9.17, 15) is 9.59 Å². The van der Waals surface area contributed by atoms with Gasteiger partial charge in [-0.15, -0.1) is 0 Å². The van der Waals surface area contributed by atoms with Crippen LogP contribution in [0.2, 0.25) is 0 Å². The van der Waals surface area contributed by atoms with Crippen LogP contribution >= 0.6 is 0 Å². The van der Waals surface area contributed by atoms with Crippen LogP contribution in [0.15, 0.2) is 24.3 Å². The predicted molar refractivity (Wildman–Crippen MR) is 60.7 cm³/mol. The summed E-state index contributed by atoms with van der Waals surface area (Å²) >= 11 is 0. The molecule has 0 aliphatic carbocycles. The Morgan fingerprint density at radius 2 is 1.71 bits per heavy atom. The number of hydrogen-bond acceptors (Lipinski definition) is 3. The van der Waals surface area contributed by atoms with Crippen LogP contribution in [0.4, 0.5) is 0 Å². The van der Waals surface area contributed by atoms with E-state index in [1.54, 1.807) is 24.3 Å². The Kier molecular flexibility index (Phi) is 2.10. The number of amides is 2. The second kappa shape index (κ2) is 3.40. The van der Waals surface area contributed by atoms with Crippen molar-refractivity contribution in [1.82, 2.24) is 4.90 Å². The predicted octanol–water partition coefficient (Wildman–Crippen LogP) is 1.32. The third kappa shape index (κ3) is 1.48. The van der Waals surface area contributed by atoms with Crippen molar-refractivity contribution in [3.05, 3.63) is 35.4 Å². The van der Waals surface area contributed by atoms with Crippen molar-refractivity contribution in [2.45, 2.75) is 6.92 Å². The van der Waals surface area contributed by atoms with Crippen molar-refractivity contribution in [3.63, 3.8) is 0 Å². The molecule has 3 rings (SSSR count). The molecule has 0 spiro atoms. The lowest BCUT2D eigenvalue weighted by atomic mass is 9.88. The lowest BCUT2D eigenvalue weighted by molar-refractivity contribution is -0.107. The number of benzene rings is 1. The summed E-state index contributed by atoms with van der Waals surface area (Å²) in [6.45, 7) is 3.69. The van der Waals surface area contributed by atoms with E-state index >= 15 is 0 Å². The highest BCUT2D eigenvalue weighted by Gasteiger charge is 2.42. The minimum atomic E-state index is -0.182. The van der Waals surface area contributed by atoms with Crippen LogP contribution in [-0.4, -0.2) is 36.5 Å². The van der Waals surface area contributed by atoms with Crippen LogP contribution < -0.4 is 0 Å². The maximum absolute atomic E-state index is 12.1. The number of fused-ring (bicyclic) bond motifs is 1. The molecule has 1 saturated heterocycles. The Morgan fingerprint density at radius 1 is 1.18 bits per heavy atom. The first-order valence-electron chi connectivity index (χ1n) is 5.64. The number of ether oxygens (including phenoxy) is 1. The number of rotatable bonds is 2. The topological polar surface area (TPSA) is 46.6 Å². The van der Waals surface area contributed by atoms with Crippen molar-refractivity contribution < 1.29 is 14.3 Å². The maximum atomic E-state index is 12.1. The first-order chi connectivity index (χ1) is 8.11. The second-order valence-corrected chi connectivity index (χ2v) is 5.05. The van der Waals surface area contributed by atoms with Gasteiger partial charge in [0.15, 0.2) is 0 Å². The molecule has 2 aliphatic heterocycles. The van der Waals surface area contributed by atoms with Crippen LogP contribution in [0.25, 0.3) is 0 Å². The van der Waals surface area contributed by atoms with E-state index in [1.807, 2.05) is 6.92 Å². The Hall–Kier alpha value is -1.68. The monoisotopic (exact) mass is 231 g/mol. The van der Waals surface area contributed by atoms with Crippen LogP contribution in [0.3, 0.4) is 0 Å². The van der Waals surface area contributed by atoms with Crippen molar-refractivity contribution in [1.29, 1.82) is 0 Å². The zero-order valence-corrected chi connectivity index (χ0v) is 9.60. The zero-order chi connectivity index (χ0) is 12.0. The molecule has 0 bridgehead atoms. The normalized spacial score (nSPS) is 21.4. The SMILES string of the molecule is CC1(CN2C(=O)c3ccccc3C2=O)COC1. The van der Waals surface area contributed by atoms with E-state index < -0.39 is 0 Å². The number of carbonyl (C=O) groups is 2. The Labute approximate surface area is 99.2 Å². The molecule has 0 unspecified atom stereocenters. The van der Waals surface area contributed by atoms with Crippen LogP contribution in [0.1, 0.15) is 27.6 Å². The van der Waals surface area contributed by atoms with Crippen LogP contribution in [0.5, 0.6) is 0 Å². The van der Waals surface area contributed by atoms with Gasteiger partial charge in [-0.05, 0) is 12.1 Å². The second-order valence-electron chi connectivity index (χ2n) is 5.05. The molecule has 0 atom stereocenters. The molecule has 17 heavy (non-hydrogen) atoms. The summed E-state index contributed by atoms with van der Waals surface area (Å²) in [4.78, 5) is 25.5. The van der Waals surface area contributed by atoms with E-state index in [0.29, 0.717) is 30.9 Å². The molecule has 2 amide bonds. The smallest absolute Gasteiger partial charge is 0.261 e. The van der Waals surface area contributed by atoms with Crippen LogP contribution in [-0.2, 0) is 4.74 Å². The highest BCUT2D eigenvalue weighted by molar-refractivity contribution is 6.21. The molecule has 2 aliphatic rings. The van der Waals surface area contributed by atoms with E-state index in [-0.39, 0.29) is 17.2 Å². The number of hydrogen-bond donors (Lipinski definition) is 0.